The molecule has 1 amide bonds. The fraction of sp³-hybridized carbons (Fsp3) is 0.562. The lowest BCUT2D eigenvalue weighted by Crippen LogP contribution is -2.37. The van der Waals surface area contributed by atoms with E-state index in [1.54, 1.807) is 12.1 Å². The van der Waals surface area contributed by atoms with Crippen LogP contribution in [0.4, 0.5) is 10.1 Å². The summed E-state index contributed by atoms with van der Waals surface area (Å²) in [6.07, 6.45) is 5.80. The Hall–Kier alpha value is -1.78. The van der Waals surface area contributed by atoms with E-state index < -0.39 is 5.82 Å². The van der Waals surface area contributed by atoms with Crippen molar-refractivity contribution in [2.24, 2.45) is 0 Å². The summed E-state index contributed by atoms with van der Waals surface area (Å²) in [6, 6.07) is 4.61. The van der Waals surface area contributed by atoms with Gasteiger partial charge in [0, 0.05) is 24.8 Å². The molecule has 0 spiro atoms. The minimum atomic E-state index is -0.429. The van der Waals surface area contributed by atoms with Crippen LogP contribution in [0.5, 0.6) is 5.75 Å². The van der Waals surface area contributed by atoms with Gasteiger partial charge in [-0.15, -0.1) is 0 Å². The van der Waals surface area contributed by atoms with Gasteiger partial charge in [-0.1, -0.05) is 19.3 Å². The molecule has 1 aliphatic rings. The molecule has 1 N–H and O–H groups in total. The van der Waals surface area contributed by atoms with Gasteiger partial charge in [0.1, 0.15) is 0 Å². The lowest BCUT2D eigenvalue weighted by molar-refractivity contribution is -0.129. The molecular weight excluding hydrogens is 271 g/mol. The zero-order valence-electron chi connectivity index (χ0n) is 12.5. The Morgan fingerprint density at radius 1 is 1.24 bits per heavy atom. The van der Waals surface area contributed by atoms with Crippen molar-refractivity contribution < 1.29 is 13.9 Å². The number of nitrogens with zero attached hydrogens (tertiary/aromatic N) is 1. The molecule has 116 valence electrons. The third kappa shape index (κ3) is 4.62. The lowest BCUT2D eigenvalue weighted by atomic mass is 10.1. The van der Waals surface area contributed by atoms with Crippen LogP contribution in [0.1, 0.15) is 32.1 Å². The lowest BCUT2D eigenvalue weighted by Gasteiger charge is -2.25. The summed E-state index contributed by atoms with van der Waals surface area (Å²) >= 11 is 0. The molecule has 0 atom stereocenters. The Bertz CT molecular complexity index is 471. The summed E-state index contributed by atoms with van der Waals surface area (Å²) in [4.78, 5) is 14.1. The highest BCUT2D eigenvalue weighted by Crippen LogP contribution is 2.20. The van der Waals surface area contributed by atoms with Gasteiger partial charge >= 0.3 is 0 Å². The summed E-state index contributed by atoms with van der Waals surface area (Å²) in [5.41, 5.74) is 0.591. The number of rotatable bonds is 4. The van der Waals surface area contributed by atoms with E-state index in [1.165, 1.54) is 32.4 Å². The molecule has 0 bridgehead atoms. The molecule has 0 aliphatic carbocycles. The molecule has 0 radical (unpaired) electrons. The predicted octanol–water partition coefficient (Wildman–Crippen LogP) is 3.04. The molecular formula is C16H23FN2O2. The zero-order chi connectivity index (χ0) is 15.1. The Labute approximate surface area is 125 Å². The summed E-state index contributed by atoms with van der Waals surface area (Å²) in [5.74, 6) is -0.148. The molecule has 1 saturated heterocycles. The first-order chi connectivity index (χ1) is 10.2. The van der Waals surface area contributed by atoms with Crippen molar-refractivity contribution in [3.8, 4) is 5.75 Å². The molecule has 21 heavy (non-hydrogen) atoms. The second-order valence-corrected chi connectivity index (χ2v) is 5.35. The maximum absolute atomic E-state index is 13.6. The van der Waals surface area contributed by atoms with E-state index in [0.717, 1.165) is 25.9 Å². The van der Waals surface area contributed by atoms with Gasteiger partial charge in [-0.05, 0) is 25.0 Å². The fourth-order valence-corrected chi connectivity index (χ4v) is 2.56. The molecule has 1 aliphatic heterocycles. The van der Waals surface area contributed by atoms with E-state index in [9.17, 15) is 9.18 Å². The Balaban J connectivity index is 1.86. The van der Waals surface area contributed by atoms with Gasteiger partial charge < -0.3 is 15.0 Å². The number of carbonyl (C=O) groups excluding carboxylic acids is 1. The van der Waals surface area contributed by atoms with Crippen LogP contribution in [-0.2, 0) is 4.79 Å². The van der Waals surface area contributed by atoms with E-state index in [-0.39, 0.29) is 18.2 Å². The number of nitrogens with one attached hydrogen (secondary N) is 1. The smallest absolute Gasteiger partial charge is 0.241 e. The van der Waals surface area contributed by atoms with Crippen LogP contribution >= 0.6 is 0 Å². The predicted molar refractivity (Wildman–Crippen MR) is 81.1 cm³/mol. The molecule has 4 nitrogen and oxygen atoms in total. The van der Waals surface area contributed by atoms with Gasteiger partial charge in [-0.25, -0.2) is 4.39 Å². The maximum atomic E-state index is 13.6. The van der Waals surface area contributed by atoms with Crippen LogP contribution in [0.3, 0.4) is 0 Å². The van der Waals surface area contributed by atoms with E-state index in [4.69, 9.17) is 4.74 Å². The van der Waals surface area contributed by atoms with Crippen molar-refractivity contribution in [3.63, 3.8) is 0 Å². The van der Waals surface area contributed by atoms with Crippen molar-refractivity contribution in [2.45, 2.75) is 32.1 Å². The number of benzene rings is 1. The van der Waals surface area contributed by atoms with Gasteiger partial charge in [0.15, 0.2) is 11.6 Å². The quantitative estimate of drug-likeness (QED) is 0.928. The van der Waals surface area contributed by atoms with Crippen LogP contribution in [0.2, 0.25) is 0 Å². The van der Waals surface area contributed by atoms with Crippen LogP contribution in [0, 0.1) is 5.82 Å². The second kappa shape index (κ2) is 7.86. The van der Waals surface area contributed by atoms with Crippen molar-refractivity contribution in [1.82, 2.24) is 4.90 Å². The highest BCUT2D eigenvalue weighted by Gasteiger charge is 2.14. The van der Waals surface area contributed by atoms with Crippen molar-refractivity contribution in [1.29, 1.82) is 0 Å². The third-order valence-corrected chi connectivity index (χ3v) is 3.80. The topological polar surface area (TPSA) is 41.6 Å². The van der Waals surface area contributed by atoms with Crippen molar-refractivity contribution in [2.75, 3.05) is 32.1 Å². The summed E-state index contributed by atoms with van der Waals surface area (Å²) in [7, 11) is 1.43. The minimum absolute atomic E-state index is 0.0770. The fourth-order valence-electron chi connectivity index (χ4n) is 2.56. The number of anilines is 1. The first kappa shape index (κ1) is 15.6. The zero-order valence-corrected chi connectivity index (χ0v) is 12.5. The van der Waals surface area contributed by atoms with E-state index in [0.29, 0.717) is 5.69 Å². The minimum Gasteiger partial charge on any atom is -0.494 e. The molecule has 1 aromatic carbocycles. The molecule has 0 saturated carbocycles. The second-order valence-electron chi connectivity index (χ2n) is 5.35. The van der Waals surface area contributed by atoms with Gasteiger partial charge in [-0.2, -0.15) is 0 Å². The molecule has 1 aromatic rings. The van der Waals surface area contributed by atoms with Crippen LogP contribution in [0.25, 0.3) is 0 Å². The average Bonchev–Trinajstić information content (AvgIpc) is 2.44. The molecule has 5 heteroatoms. The number of hydrogen-bond acceptors (Lipinski definition) is 3. The molecule has 2 rings (SSSR count). The Kier molecular flexibility index (Phi) is 5.84. The molecule has 1 heterocycles. The Morgan fingerprint density at radius 2 is 1.90 bits per heavy atom. The van der Waals surface area contributed by atoms with Gasteiger partial charge in [-0.3, -0.25) is 4.79 Å². The van der Waals surface area contributed by atoms with Crippen molar-refractivity contribution >= 4 is 11.6 Å². The molecule has 1 fully saturated rings. The van der Waals surface area contributed by atoms with Crippen LogP contribution in [0.15, 0.2) is 18.2 Å². The maximum Gasteiger partial charge on any atom is 0.241 e. The highest BCUT2D eigenvalue weighted by molar-refractivity contribution is 5.80. The number of hydrogen-bond donors (Lipinski definition) is 1. The van der Waals surface area contributed by atoms with Gasteiger partial charge in [0.25, 0.3) is 0 Å². The monoisotopic (exact) mass is 294 g/mol. The van der Waals surface area contributed by atoms with Gasteiger partial charge in [0.05, 0.1) is 13.7 Å². The van der Waals surface area contributed by atoms with Crippen LogP contribution < -0.4 is 10.1 Å². The normalized spacial score (nSPS) is 16.0. The number of likely N-dealkylation sites (tertiary alicyclic amines) is 1. The number of carbonyl (C=O) groups is 1. The Morgan fingerprint density at radius 3 is 2.52 bits per heavy atom. The summed E-state index contributed by atoms with van der Waals surface area (Å²) in [5, 5.41) is 2.98. The summed E-state index contributed by atoms with van der Waals surface area (Å²) in [6.45, 7) is 1.86. The number of amides is 1. The highest BCUT2D eigenvalue weighted by atomic mass is 19.1. The van der Waals surface area contributed by atoms with Crippen LogP contribution in [-0.4, -0.2) is 37.6 Å². The number of ether oxygens (including phenoxy) is 1. The standard InChI is InChI=1S/C16H23FN2O2/c1-21-15-8-7-13(11-14(15)17)18-12-16(20)19-9-5-3-2-4-6-10-19/h7-8,11,18H,2-6,9-10,12H2,1H3. The SMILES string of the molecule is COc1ccc(NCC(=O)N2CCCCCCC2)cc1F. The van der Waals surface area contributed by atoms with E-state index in [2.05, 4.69) is 5.32 Å². The first-order valence-electron chi connectivity index (χ1n) is 7.56. The van der Waals surface area contributed by atoms with Gasteiger partial charge in [0.2, 0.25) is 5.91 Å². The molecule has 0 unspecified atom stereocenters. The average molecular weight is 294 g/mol. The number of halogens is 1. The first-order valence-corrected chi connectivity index (χ1v) is 7.56. The summed E-state index contributed by atoms with van der Waals surface area (Å²) < 4.78 is 18.4. The number of methoxy groups -OCH3 is 1. The van der Waals surface area contributed by atoms with E-state index in [1.807, 2.05) is 4.90 Å². The molecule has 0 aromatic heterocycles. The van der Waals surface area contributed by atoms with E-state index >= 15 is 0 Å². The largest absolute Gasteiger partial charge is 0.494 e. The third-order valence-electron chi connectivity index (χ3n) is 3.80. The van der Waals surface area contributed by atoms with Crippen molar-refractivity contribution in [3.05, 3.63) is 24.0 Å².